The van der Waals surface area contributed by atoms with Gasteiger partial charge in [0.2, 0.25) is 0 Å². The van der Waals surface area contributed by atoms with Crippen LogP contribution in [0.15, 0.2) is 28.5 Å². The molecule has 24 heavy (non-hydrogen) atoms. The number of ether oxygens (including phenoxy) is 1. The molecule has 1 aromatic heterocycles. The van der Waals surface area contributed by atoms with Gasteiger partial charge in [0.15, 0.2) is 0 Å². The van der Waals surface area contributed by atoms with Crippen LogP contribution in [-0.2, 0) is 14.8 Å². The molecule has 2 heterocycles. The van der Waals surface area contributed by atoms with Crippen molar-refractivity contribution in [1.29, 1.82) is 0 Å². The van der Waals surface area contributed by atoms with Crippen LogP contribution in [0.2, 0.25) is 0 Å². The number of thiazole rings is 1. The zero-order valence-electron chi connectivity index (χ0n) is 12.8. The maximum absolute atomic E-state index is 13.4. The molecule has 3 rings (SSSR count). The van der Waals surface area contributed by atoms with E-state index in [2.05, 4.69) is 4.98 Å². The lowest BCUT2D eigenvalue weighted by Crippen LogP contribution is -2.31. The predicted molar refractivity (Wildman–Crippen MR) is 85.8 cm³/mol. The van der Waals surface area contributed by atoms with Crippen molar-refractivity contribution in [2.24, 2.45) is 0 Å². The molecule has 1 aliphatic rings. The Morgan fingerprint density at radius 3 is 2.88 bits per heavy atom. The van der Waals surface area contributed by atoms with Crippen molar-refractivity contribution in [2.45, 2.75) is 30.8 Å². The molecule has 1 saturated heterocycles. The summed E-state index contributed by atoms with van der Waals surface area (Å²) in [6, 6.07) is 3.36. The first-order valence-electron chi connectivity index (χ1n) is 7.26. The predicted octanol–water partition coefficient (Wildman–Crippen LogP) is 2.56. The second-order valence-electron chi connectivity index (χ2n) is 5.47. The Hall–Kier alpha value is -1.84. The Morgan fingerprint density at radius 1 is 1.42 bits per heavy atom. The largest absolute Gasteiger partial charge is 0.371 e. The van der Waals surface area contributed by atoms with Crippen molar-refractivity contribution in [3.8, 4) is 0 Å². The van der Waals surface area contributed by atoms with Gasteiger partial charge in [-0.25, -0.2) is 22.5 Å². The molecule has 6 nitrogen and oxygen atoms in total. The molecule has 1 fully saturated rings. The summed E-state index contributed by atoms with van der Waals surface area (Å²) in [7, 11) is -4.17. The fourth-order valence-corrected chi connectivity index (χ4v) is 4.36. The smallest absolute Gasteiger partial charge is 0.284 e. The summed E-state index contributed by atoms with van der Waals surface area (Å²) in [6.45, 7) is 2.22. The number of amides is 1. The first kappa shape index (κ1) is 17.0. The van der Waals surface area contributed by atoms with Crippen molar-refractivity contribution in [3.05, 3.63) is 45.7 Å². The van der Waals surface area contributed by atoms with Crippen LogP contribution >= 0.6 is 11.3 Å². The first-order valence-corrected chi connectivity index (χ1v) is 9.63. The van der Waals surface area contributed by atoms with Crippen LogP contribution < -0.4 is 4.72 Å². The van der Waals surface area contributed by atoms with Crippen LogP contribution in [0.5, 0.6) is 0 Å². The summed E-state index contributed by atoms with van der Waals surface area (Å²) in [5.74, 6) is -1.53. The number of hydrogen-bond acceptors (Lipinski definition) is 6. The van der Waals surface area contributed by atoms with E-state index in [-0.39, 0.29) is 16.7 Å². The monoisotopic (exact) mass is 370 g/mol. The van der Waals surface area contributed by atoms with E-state index in [0.29, 0.717) is 17.2 Å². The molecule has 1 amide bonds. The van der Waals surface area contributed by atoms with Gasteiger partial charge in [0, 0.05) is 12.0 Å². The molecular formula is C15H15FN2O4S2. The number of rotatable bonds is 4. The van der Waals surface area contributed by atoms with Crippen LogP contribution in [0.3, 0.4) is 0 Å². The molecule has 2 aromatic rings. The summed E-state index contributed by atoms with van der Waals surface area (Å²) in [5.41, 5.74) is 0.444. The maximum atomic E-state index is 13.4. The van der Waals surface area contributed by atoms with Crippen molar-refractivity contribution in [2.75, 3.05) is 6.61 Å². The third-order valence-electron chi connectivity index (χ3n) is 3.51. The van der Waals surface area contributed by atoms with Gasteiger partial charge in [-0.3, -0.25) is 4.79 Å². The molecule has 1 N–H and O–H groups in total. The Balaban J connectivity index is 1.78. The molecule has 0 unspecified atom stereocenters. The van der Waals surface area contributed by atoms with Crippen molar-refractivity contribution in [1.82, 2.24) is 9.71 Å². The Kier molecular flexibility index (Phi) is 4.66. The fourth-order valence-electron chi connectivity index (χ4n) is 2.40. The molecule has 0 aliphatic carbocycles. The number of aromatic nitrogens is 1. The normalized spacial score (nSPS) is 17.8. The molecule has 1 aliphatic heterocycles. The number of carbonyl (C=O) groups excluding carboxylic acids is 1. The van der Waals surface area contributed by atoms with E-state index in [4.69, 9.17) is 4.74 Å². The molecule has 0 radical (unpaired) electrons. The second-order valence-corrected chi connectivity index (χ2v) is 8.04. The van der Waals surface area contributed by atoms with Gasteiger partial charge in [-0.05, 0) is 43.5 Å². The number of carbonyl (C=O) groups is 1. The van der Waals surface area contributed by atoms with E-state index >= 15 is 0 Å². The van der Waals surface area contributed by atoms with Crippen LogP contribution in [0.25, 0.3) is 0 Å². The van der Waals surface area contributed by atoms with Crippen molar-refractivity contribution in [3.63, 3.8) is 0 Å². The van der Waals surface area contributed by atoms with Gasteiger partial charge in [-0.15, -0.1) is 11.3 Å². The van der Waals surface area contributed by atoms with Crippen LogP contribution in [0.1, 0.15) is 40.0 Å². The highest BCUT2D eigenvalue weighted by atomic mass is 32.2. The highest BCUT2D eigenvalue weighted by Crippen LogP contribution is 2.30. The number of aryl methyl sites for hydroxylation is 1. The Bertz CT molecular complexity index is 853. The minimum absolute atomic E-state index is 0.00204. The lowest BCUT2D eigenvalue weighted by atomic mass is 10.2. The fraction of sp³-hybridized carbons (Fsp3) is 0.333. The molecule has 0 spiro atoms. The van der Waals surface area contributed by atoms with E-state index in [9.17, 15) is 17.6 Å². The molecule has 128 valence electrons. The molecule has 0 saturated carbocycles. The van der Waals surface area contributed by atoms with Gasteiger partial charge in [-0.1, -0.05) is 0 Å². The van der Waals surface area contributed by atoms with Crippen LogP contribution in [0.4, 0.5) is 4.39 Å². The number of sulfonamides is 1. The van der Waals surface area contributed by atoms with Gasteiger partial charge in [0.25, 0.3) is 15.9 Å². The number of hydrogen-bond donors (Lipinski definition) is 1. The van der Waals surface area contributed by atoms with Gasteiger partial charge in [0.1, 0.15) is 22.6 Å². The molecule has 0 bridgehead atoms. The van der Waals surface area contributed by atoms with Gasteiger partial charge < -0.3 is 4.74 Å². The maximum Gasteiger partial charge on any atom is 0.284 e. The second kappa shape index (κ2) is 6.58. The Labute approximate surface area is 142 Å². The topological polar surface area (TPSA) is 85.4 Å². The summed E-state index contributed by atoms with van der Waals surface area (Å²) in [6.07, 6.45) is 1.62. The summed E-state index contributed by atoms with van der Waals surface area (Å²) < 4.78 is 45.3. The molecule has 1 atom stereocenters. The minimum Gasteiger partial charge on any atom is -0.371 e. The zero-order valence-corrected chi connectivity index (χ0v) is 14.4. The van der Waals surface area contributed by atoms with E-state index in [1.54, 1.807) is 6.92 Å². The van der Waals surface area contributed by atoms with Gasteiger partial charge in [0.05, 0.1) is 4.90 Å². The number of halogens is 1. The van der Waals surface area contributed by atoms with E-state index in [1.165, 1.54) is 28.8 Å². The van der Waals surface area contributed by atoms with Crippen molar-refractivity contribution < 1.29 is 22.3 Å². The lowest BCUT2D eigenvalue weighted by molar-refractivity contribution is 0.0973. The van der Waals surface area contributed by atoms with Crippen LogP contribution in [-0.4, -0.2) is 25.9 Å². The number of benzene rings is 1. The highest BCUT2D eigenvalue weighted by Gasteiger charge is 2.25. The highest BCUT2D eigenvalue weighted by molar-refractivity contribution is 7.90. The third-order valence-corrected chi connectivity index (χ3v) is 5.76. The third kappa shape index (κ3) is 3.63. The molecule has 1 aromatic carbocycles. The number of nitrogens with zero attached hydrogens (tertiary/aromatic N) is 1. The first-order chi connectivity index (χ1) is 11.3. The average Bonchev–Trinajstić information content (AvgIpc) is 3.17. The van der Waals surface area contributed by atoms with Gasteiger partial charge >= 0.3 is 0 Å². The quantitative estimate of drug-likeness (QED) is 0.894. The average molecular weight is 370 g/mol. The molecular weight excluding hydrogens is 355 g/mol. The Morgan fingerprint density at radius 2 is 2.21 bits per heavy atom. The minimum atomic E-state index is -4.17. The van der Waals surface area contributed by atoms with E-state index in [0.717, 1.165) is 18.9 Å². The summed E-state index contributed by atoms with van der Waals surface area (Å²) in [4.78, 5) is 16.0. The summed E-state index contributed by atoms with van der Waals surface area (Å²) in [5, 5.41) is 2.13. The summed E-state index contributed by atoms with van der Waals surface area (Å²) >= 11 is 1.25. The number of nitrogens with one attached hydrogen (secondary N) is 1. The SMILES string of the molecule is Cc1cc(F)cc(S(=O)(=O)NC(=O)c2csc([C@H]3CCCO3)n2)c1. The molecule has 9 heteroatoms. The van der Waals surface area contributed by atoms with Crippen LogP contribution in [0, 0.1) is 12.7 Å². The lowest BCUT2D eigenvalue weighted by Gasteiger charge is -2.07. The zero-order chi connectivity index (χ0) is 17.3. The standard InChI is InChI=1S/C15H15FN2O4S2/c1-9-5-10(16)7-11(6-9)24(20,21)18-14(19)12-8-23-15(17-12)13-3-2-4-22-13/h5-8,13H,2-4H2,1H3,(H,18,19)/t13-/m1/s1. The van der Waals surface area contributed by atoms with Crippen molar-refractivity contribution >= 4 is 27.3 Å². The van der Waals surface area contributed by atoms with E-state index in [1.807, 2.05) is 4.72 Å². The van der Waals surface area contributed by atoms with Gasteiger partial charge in [-0.2, -0.15) is 0 Å². The van der Waals surface area contributed by atoms with E-state index < -0.39 is 21.7 Å².